The van der Waals surface area contributed by atoms with Crippen LogP contribution in [0.3, 0.4) is 0 Å². The number of benzene rings is 2. The number of carbonyl (C=O) groups excluding carboxylic acids is 2. The number of rotatable bonds is 4. The van der Waals surface area contributed by atoms with Crippen molar-refractivity contribution in [1.82, 2.24) is 5.32 Å². The van der Waals surface area contributed by atoms with Gasteiger partial charge >= 0.3 is 0 Å². The molecule has 1 aliphatic heterocycles. The molecule has 0 unspecified atom stereocenters. The zero-order valence-corrected chi connectivity index (χ0v) is 11.9. The molecule has 0 saturated heterocycles. The first-order chi connectivity index (χ1) is 10.6. The highest BCUT2D eigenvalue weighted by atomic mass is 19.1. The van der Waals surface area contributed by atoms with Crippen molar-refractivity contribution in [3.05, 3.63) is 65.0 Å². The molecule has 1 heterocycles. The lowest BCUT2D eigenvalue weighted by atomic mass is 10.1. The minimum Gasteiger partial charge on any atom is -0.352 e. The van der Waals surface area contributed by atoms with Crippen LogP contribution >= 0.6 is 0 Å². The molecule has 0 fully saturated rings. The van der Waals surface area contributed by atoms with E-state index < -0.39 is 0 Å². The van der Waals surface area contributed by atoms with Gasteiger partial charge in [-0.2, -0.15) is 0 Å². The maximum absolute atomic E-state index is 12.8. The van der Waals surface area contributed by atoms with Gasteiger partial charge in [-0.25, -0.2) is 4.39 Å². The van der Waals surface area contributed by atoms with Crippen LogP contribution in [0.4, 0.5) is 10.1 Å². The van der Waals surface area contributed by atoms with E-state index in [-0.39, 0.29) is 24.1 Å². The molecule has 3 rings (SSSR count). The summed E-state index contributed by atoms with van der Waals surface area (Å²) >= 11 is 0. The average molecular weight is 298 g/mol. The monoisotopic (exact) mass is 298 g/mol. The molecule has 1 aliphatic rings. The minimum absolute atomic E-state index is 0.0205. The highest BCUT2D eigenvalue weighted by Crippen LogP contribution is 2.23. The van der Waals surface area contributed by atoms with Gasteiger partial charge in [0.15, 0.2) is 0 Å². The number of fused-ring (bicyclic) bond motifs is 1. The standard InChI is InChI=1S/C17H15FN2O2/c18-14-4-1-11(2-5-14)10-19-16(21)8-12-3-6-15-13(7-12)9-17(22)20-15/h1-7H,8-10H2,(H,19,21)(H,20,22). The maximum atomic E-state index is 12.8. The molecule has 5 heteroatoms. The van der Waals surface area contributed by atoms with Crippen LogP contribution in [0.2, 0.25) is 0 Å². The van der Waals surface area contributed by atoms with Crippen LogP contribution in [0.25, 0.3) is 0 Å². The van der Waals surface area contributed by atoms with Crippen LogP contribution in [0.1, 0.15) is 16.7 Å². The number of amides is 2. The first kappa shape index (κ1) is 14.3. The summed E-state index contributed by atoms with van der Waals surface area (Å²) in [5, 5.41) is 5.56. The molecule has 22 heavy (non-hydrogen) atoms. The van der Waals surface area contributed by atoms with E-state index in [9.17, 15) is 14.0 Å². The number of carbonyl (C=O) groups is 2. The first-order valence-electron chi connectivity index (χ1n) is 7.03. The van der Waals surface area contributed by atoms with Crippen LogP contribution in [0.5, 0.6) is 0 Å². The molecule has 0 spiro atoms. The van der Waals surface area contributed by atoms with Crippen LogP contribution in [-0.4, -0.2) is 11.8 Å². The van der Waals surface area contributed by atoms with E-state index >= 15 is 0 Å². The zero-order chi connectivity index (χ0) is 15.5. The van der Waals surface area contributed by atoms with E-state index in [1.807, 2.05) is 18.2 Å². The summed E-state index contributed by atoms with van der Waals surface area (Å²) in [7, 11) is 0. The van der Waals surface area contributed by atoms with Gasteiger partial charge in [-0.1, -0.05) is 24.3 Å². The normalized spacial score (nSPS) is 12.7. The van der Waals surface area contributed by atoms with Crippen molar-refractivity contribution in [2.45, 2.75) is 19.4 Å². The summed E-state index contributed by atoms with van der Waals surface area (Å²) in [6.45, 7) is 0.365. The molecule has 2 aromatic rings. The van der Waals surface area contributed by atoms with Gasteiger partial charge in [0.2, 0.25) is 11.8 Å². The van der Waals surface area contributed by atoms with Crippen LogP contribution in [0, 0.1) is 5.82 Å². The third-order valence-electron chi connectivity index (χ3n) is 3.56. The topological polar surface area (TPSA) is 58.2 Å². The molecule has 112 valence electrons. The van der Waals surface area contributed by atoms with Gasteiger partial charge in [0.05, 0.1) is 12.8 Å². The predicted molar refractivity (Wildman–Crippen MR) is 80.7 cm³/mol. The lowest BCUT2D eigenvalue weighted by molar-refractivity contribution is -0.120. The van der Waals surface area contributed by atoms with Crippen molar-refractivity contribution in [2.75, 3.05) is 5.32 Å². The number of anilines is 1. The summed E-state index contributed by atoms with van der Waals surface area (Å²) in [5.41, 5.74) is 3.46. The first-order valence-corrected chi connectivity index (χ1v) is 7.03. The Morgan fingerprint density at radius 3 is 2.64 bits per heavy atom. The van der Waals surface area contributed by atoms with E-state index in [0.717, 1.165) is 22.4 Å². The van der Waals surface area contributed by atoms with Gasteiger partial charge in [-0.3, -0.25) is 9.59 Å². The molecule has 0 atom stereocenters. The smallest absolute Gasteiger partial charge is 0.228 e. The summed E-state index contributed by atoms with van der Waals surface area (Å²) in [5.74, 6) is -0.425. The minimum atomic E-state index is -0.295. The van der Waals surface area contributed by atoms with Gasteiger partial charge in [0.25, 0.3) is 0 Å². The fraction of sp³-hybridized carbons (Fsp3) is 0.176. The third kappa shape index (κ3) is 3.31. The predicted octanol–water partition coefficient (Wildman–Crippen LogP) is 2.18. The van der Waals surface area contributed by atoms with Gasteiger partial charge < -0.3 is 10.6 Å². The fourth-order valence-corrected chi connectivity index (χ4v) is 2.44. The summed E-state index contributed by atoms with van der Waals surface area (Å²) in [6, 6.07) is 11.6. The molecule has 2 N–H and O–H groups in total. The third-order valence-corrected chi connectivity index (χ3v) is 3.56. The zero-order valence-electron chi connectivity index (χ0n) is 11.9. The van der Waals surface area contributed by atoms with Gasteiger partial charge in [-0.15, -0.1) is 0 Å². The van der Waals surface area contributed by atoms with Crippen molar-refractivity contribution in [3.63, 3.8) is 0 Å². The number of hydrogen-bond donors (Lipinski definition) is 2. The van der Waals surface area contributed by atoms with Crippen molar-refractivity contribution in [2.24, 2.45) is 0 Å². The molecule has 0 aliphatic carbocycles. The quantitative estimate of drug-likeness (QED) is 0.909. The molecule has 2 amide bonds. The molecule has 0 saturated carbocycles. The summed E-state index contributed by atoms with van der Waals surface area (Å²) in [6.07, 6.45) is 0.614. The van der Waals surface area contributed by atoms with Gasteiger partial charge in [0.1, 0.15) is 5.82 Å². The lowest BCUT2D eigenvalue weighted by Gasteiger charge is -2.07. The largest absolute Gasteiger partial charge is 0.352 e. The van der Waals surface area contributed by atoms with Crippen molar-refractivity contribution >= 4 is 17.5 Å². The maximum Gasteiger partial charge on any atom is 0.228 e. The SMILES string of the molecule is O=C(Cc1ccc2c(c1)CC(=O)N2)NCc1ccc(F)cc1. The number of halogens is 1. The molecule has 0 bridgehead atoms. The second kappa shape index (κ2) is 5.97. The van der Waals surface area contributed by atoms with Crippen LogP contribution in [-0.2, 0) is 29.0 Å². The molecular formula is C17H15FN2O2. The van der Waals surface area contributed by atoms with Crippen molar-refractivity contribution < 1.29 is 14.0 Å². The van der Waals surface area contributed by atoms with E-state index in [0.29, 0.717) is 13.0 Å². The second-order valence-corrected chi connectivity index (χ2v) is 5.30. The second-order valence-electron chi connectivity index (χ2n) is 5.30. The van der Waals surface area contributed by atoms with Crippen molar-refractivity contribution in [3.8, 4) is 0 Å². The summed E-state index contributed by atoms with van der Waals surface area (Å²) in [4.78, 5) is 23.2. The Kier molecular flexibility index (Phi) is 3.87. The fourth-order valence-electron chi connectivity index (χ4n) is 2.44. The number of nitrogens with one attached hydrogen (secondary N) is 2. The van der Waals surface area contributed by atoms with Crippen LogP contribution < -0.4 is 10.6 Å². The Bertz CT molecular complexity index is 726. The molecular weight excluding hydrogens is 283 g/mol. The van der Waals surface area contributed by atoms with E-state index in [4.69, 9.17) is 0 Å². The molecule has 4 nitrogen and oxygen atoms in total. The van der Waals surface area contributed by atoms with Crippen molar-refractivity contribution in [1.29, 1.82) is 0 Å². The lowest BCUT2D eigenvalue weighted by Crippen LogP contribution is -2.24. The molecule has 0 aromatic heterocycles. The van der Waals surface area contributed by atoms with Gasteiger partial charge in [0, 0.05) is 12.2 Å². The molecule has 2 aromatic carbocycles. The summed E-state index contributed by atoms with van der Waals surface area (Å²) < 4.78 is 12.8. The Morgan fingerprint density at radius 2 is 1.86 bits per heavy atom. The Hall–Kier alpha value is -2.69. The Morgan fingerprint density at radius 1 is 1.14 bits per heavy atom. The number of hydrogen-bond acceptors (Lipinski definition) is 2. The van der Waals surface area contributed by atoms with Gasteiger partial charge in [-0.05, 0) is 34.9 Å². The highest BCUT2D eigenvalue weighted by molar-refractivity contribution is 5.99. The Labute approximate surface area is 127 Å². The van der Waals surface area contributed by atoms with E-state index in [2.05, 4.69) is 10.6 Å². The van der Waals surface area contributed by atoms with E-state index in [1.165, 1.54) is 12.1 Å². The van der Waals surface area contributed by atoms with Crippen LogP contribution in [0.15, 0.2) is 42.5 Å². The average Bonchev–Trinajstić information content (AvgIpc) is 2.86. The Balaban J connectivity index is 1.57. The van der Waals surface area contributed by atoms with E-state index in [1.54, 1.807) is 12.1 Å². The highest BCUT2D eigenvalue weighted by Gasteiger charge is 2.17. The molecule has 0 radical (unpaired) electrons.